The highest BCUT2D eigenvalue weighted by atomic mass is 35.5. The van der Waals surface area contributed by atoms with Crippen LogP contribution in [0.15, 0.2) is 29.3 Å². The van der Waals surface area contributed by atoms with Crippen molar-refractivity contribution < 1.29 is 9.47 Å². The Kier molecular flexibility index (Phi) is 6.80. The average molecular weight is 326 g/mol. The van der Waals surface area contributed by atoms with Crippen molar-refractivity contribution in [2.24, 2.45) is 10.9 Å². The highest BCUT2D eigenvalue weighted by molar-refractivity contribution is 6.32. The smallest absolute Gasteiger partial charge is 0.193 e. The standard InChI is InChI=1S/C16H24ClN3O2/c1-18-16(20(2)11-13-7-9-21-12-13)19-8-10-22-15-6-4-3-5-14(15)17/h3-6,13H,7-12H2,1-2H3,(H,18,19). The molecule has 1 unspecified atom stereocenters. The molecule has 0 amide bonds. The lowest BCUT2D eigenvalue weighted by Gasteiger charge is -2.24. The molecule has 1 aliphatic heterocycles. The minimum absolute atomic E-state index is 0.531. The molecule has 0 aromatic heterocycles. The number of para-hydroxylation sites is 1. The Morgan fingerprint density at radius 1 is 1.50 bits per heavy atom. The highest BCUT2D eigenvalue weighted by Gasteiger charge is 2.18. The Morgan fingerprint density at radius 3 is 3.00 bits per heavy atom. The maximum Gasteiger partial charge on any atom is 0.193 e. The number of rotatable bonds is 6. The van der Waals surface area contributed by atoms with Crippen molar-refractivity contribution in [2.45, 2.75) is 6.42 Å². The molecule has 1 saturated heterocycles. The molecule has 1 heterocycles. The van der Waals surface area contributed by atoms with Crippen molar-refractivity contribution >= 4 is 17.6 Å². The minimum Gasteiger partial charge on any atom is -0.490 e. The third-order valence-electron chi connectivity index (χ3n) is 3.61. The van der Waals surface area contributed by atoms with E-state index in [9.17, 15) is 0 Å². The monoisotopic (exact) mass is 325 g/mol. The molecule has 1 aromatic rings. The van der Waals surface area contributed by atoms with E-state index in [2.05, 4.69) is 15.2 Å². The molecule has 1 fully saturated rings. The van der Waals surface area contributed by atoms with E-state index in [-0.39, 0.29) is 0 Å². The summed E-state index contributed by atoms with van der Waals surface area (Å²) in [7, 11) is 3.83. The fraction of sp³-hybridized carbons (Fsp3) is 0.562. The van der Waals surface area contributed by atoms with Crippen LogP contribution in [0.2, 0.25) is 5.02 Å². The van der Waals surface area contributed by atoms with Gasteiger partial charge < -0.3 is 19.7 Å². The number of nitrogens with zero attached hydrogens (tertiary/aromatic N) is 2. The number of guanidine groups is 1. The highest BCUT2D eigenvalue weighted by Crippen LogP contribution is 2.22. The normalized spacial score (nSPS) is 18.3. The largest absolute Gasteiger partial charge is 0.490 e. The summed E-state index contributed by atoms with van der Waals surface area (Å²) in [6.07, 6.45) is 1.12. The molecule has 1 atom stereocenters. The van der Waals surface area contributed by atoms with Gasteiger partial charge in [0.05, 0.1) is 18.2 Å². The number of hydrogen-bond acceptors (Lipinski definition) is 3. The molecule has 1 N–H and O–H groups in total. The lowest BCUT2D eigenvalue weighted by Crippen LogP contribution is -2.42. The Bertz CT molecular complexity index is 490. The Labute approximate surface area is 137 Å². The van der Waals surface area contributed by atoms with Crippen molar-refractivity contribution in [3.63, 3.8) is 0 Å². The van der Waals surface area contributed by atoms with Crippen LogP contribution >= 0.6 is 11.6 Å². The van der Waals surface area contributed by atoms with Gasteiger partial charge in [-0.05, 0) is 18.6 Å². The fourth-order valence-corrected chi connectivity index (χ4v) is 2.66. The molecule has 122 valence electrons. The van der Waals surface area contributed by atoms with Gasteiger partial charge in [0, 0.05) is 33.2 Å². The fourth-order valence-electron chi connectivity index (χ4n) is 2.47. The first-order chi connectivity index (χ1) is 10.7. The molecule has 6 heteroatoms. The zero-order valence-electron chi connectivity index (χ0n) is 13.2. The lowest BCUT2D eigenvalue weighted by molar-refractivity contribution is 0.181. The van der Waals surface area contributed by atoms with Crippen LogP contribution in [-0.2, 0) is 4.74 Å². The zero-order chi connectivity index (χ0) is 15.8. The van der Waals surface area contributed by atoms with Crippen LogP contribution in [0.3, 0.4) is 0 Å². The van der Waals surface area contributed by atoms with E-state index in [0.29, 0.717) is 29.8 Å². The van der Waals surface area contributed by atoms with Gasteiger partial charge in [-0.1, -0.05) is 23.7 Å². The Hall–Kier alpha value is -1.46. The maximum absolute atomic E-state index is 6.05. The molecule has 1 aromatic carbocycles. The van der Waals surface area contributed by atoms with Crippen LogP contribution < -0.4 is 10.1 Å². The van der Waals surface area contributed by atoms with Crippen LogP contribution in [0.1, 0.15) is 6.42 Å². The molecular formula is C16H24ClN3O2. The molecule has 0 bridgehead atoms. The first-order valence-electron chi connectivity index (χ1n) is 7.57. The second-order valence-corrected chi connectivity index (χ2v) is 5.77. The first-order valence-corrected chi connectivity index (χ1v) is 7.95. The molecule has 1 aliphatic rings. The Balaban J connectivity index is 1.70. The predicted octanol–water partition coefficient (Wildman–Crippen LogP) is 2.26. The number of aliphatic imine (C=N–C) groups is 1. The summed E-state index contributed by atoms with van der Waals surface area (Å²) >= 11 is 6.05. The van der Waals surface area contributed by atoms with E-state index in [1.54, 1.807) is 7.05 Å². The van der Waals surface area contributed by atoms with Crippen molar-refractivity contribution in [3.05, 3.63) is 29.3 Å². The molecule has 0 radical (unpaired) electrons. The van der Waals surface area contributed by atoms with E-state index in [0.717, 1.165) is 32.1 Å². The van der Waals surface area contributed by atoms with Crippen LogP contribution in [0, 0.1) is 5.92 Å². The van der Waals surface area contributed by atoms with E-state index in [1.807, 2.05) is 31.3 Å². The van der Waals surface area contributed by atoms with Crippen LogP contribution in [0.25, 0.3) is 0 Å². The van der Waals surface area contributed by atoms with Gasteiger partial charge >= 0.3 is 0 Å². The molecule has 5 nitrogen and oxygen atoms in total. The first kappa shape index (κ1) is 16.9. The SMILES string of the molecule is CN=C(NCCOc1ccccc1Cl)N(C)CC1CCOC1. The number of hydrogen-bond donors (Lipinski definition) is 1. The second-order valence-electron chi connectivity index (χ2n) is 5.36. The zero-order valence-corrected chi connectivity index (χ0v) is 14.0. The van der Waals surface area contributed by atoms with Gasteiger partial charge in [0.15, 0.2) is 5.96 Å². The van der Waals surface area contributed by atoms with Gasteiger partial charge in [-0.25, -0.2) is 0 Å². The van der Waals surface area contributed by atoms with E-state index in [1.165, 1.54) is 0 Å². The van der Waals surface area contributed by atoms with E-state index < -0.39 is 0 Å². The van der Waals surface area contributed by atoms with Crippen LogP contribution in [-0.4, -0.2) is 57.9 Å². The van der Waals surface area contributed by atoms with Crippen LogP contribution in [0.4, 0.5) is 0 Å². The molecular weight excluding hydrogens is 302 g/mol. The maximum atomic E-state index is 6.05. The molecule has 22 heavy (non-hydrogen) atoms. The summed E-state index contributed by atoms with van der Waals surface area (Å²) in [5, 5.41) is 3.93. The summed E-state index contributed by atoms with van der Waals surface area (Å²) in [5.41, 5.74) is 0. The summed E-state index contributed by atoms with van der Waals surface area (Å²) in [6.45, 7) is 3.87. The second kappa shape index (κ2) is 8.86. The molecule has 2 rings (SSSR count). The topological polar surface area (TPSA) is 46.1 Å². The van der Waals surface area contributed by atoms with Gasteiger partial charge in [-0.3, -0.25) is 4.99 Å². The summed E-state index contributed by atoms with van der Waals surface area (Å²) in [6, 6.07) is 7.48. The Morgan fingerprint density at radius 2 is 2.32 bits per heavy atom. The van der Waals surface area contributed by atoms with Crippen molar-refractivity contribution in [1.29, 1.82) is 0 Å². The summed E-state index contributed by atoms with van der Waals surface area (Å²) < 4.78 is 11.1. The number of nitrogens with one attached hydrogen (secondary N) is 1. The quantitative estimate of drug-likeness (QED) is 0.495. The lowest BCUT2D eigenvalue weighted by atomic mass is 10.1. The van der Waals surface area contributed by atoms with Gasteiger partial charge in [0.25, 0.3) is 0 Å². The van der Waals surface area contributed by atoms with Crippen molar-refractivity contribution in [3.8, 4) is 5.75 Å². The van der Waals surface area contributed by atoms with Crippen molar-refractivity contribution in [1.82, 2.24) is 10.2 Å². The average Bonchev–Trinajstić information content (AvgIpc) is 3.02. The van der Waals surface area contributed by atoms with Gasteiger partial charge in [0.2, 0.25) is 0 Å². The van der Waals surface area contributed by atoms with Crippen molar-refractivity contribution in [2.75, 3.05) is 47.0 Å². The van der Waals surface area contributed by atoms with Gasteiger partial charge in [-0.15, -0.1) is 0 Å². The molecule has 0 saturated carbocycles. The van der Waals surface area contributed by atoms with Gasteiger partial charge in [-0.2, -0.15) is 0 Å². The van der Waals surface area contributed by atoms with Gasteiger partial charge in [0.1, 0.15) is 12.4 Å². The number of benzene rings is 1. The predicted molar refractivity (Wildman–Crippen MR) is 89.9 cm³/mol. The number of halogens is 1. The van der Waals surface area contributed by atoms with E-state index in [4.69, 9.17) is 21.1 Å². The minimum atomic E-state index is 0.531. The summed E-state index contributed by atoms with van der Waals surface area (Å²) in [5.74, 6) is 2.16. The van der Waals surface area contributed by atoms with Crippen LogP contribution in [0.5, 0.6) is 5.75 Å². The third kappa shape index (κ3) is 5.07. The third-order valence-corrected chi connectivity index (χ3v) is 3.92. The molecule has 0 spiro atoms. The van der Waals surface area contributed by atoms with E-state index >= 15 is 0 Å². The summed E-state index contributed by atoms with van der Waals surface area (Å²) in [4.78, 5) is 6.43. The number of ether oxygens (including phenoxy) is 2. The molecule has 0 aliphatic carbocycles.